The van der Waals surface area contributed by atoms with Crippen molar-refractivity contribution in [1.82, 2.24) is 4.90 Å². The smallest absolute Gasteiger partial charge is 0.228 e. The van der Waals surface area contributed by atoms with Crippen LogP contribution in [0.25, 0.3) is 0 Å². The standard InChI is InChI=1S/C5H11NO/c1-3-6(4-2)5-7/h5H,3-4H2,1-2H3/q+1. The van der Waals surface area contributed by atoms with Crippen LogP contribution in [-0.2, 0) is 4.79 Å². The quantitative estimate of drug-likeness (QED) is 0.371. The van der Waals surface area contributed by atoms with Crippen LogP contribution in [0.3, 0.4) is 0 Å². The van der Waals surface area contributed by atoms with Crippen molar-refractivity contribution >= 4 is 6.41 Å². The van der Waals surface area contributed by atoms with E-state index in [0.29, 0.717) is 0 Å². The second kappa shape index (κ2) is 3.81. The summed E-state index contributed by atoms with van der Waals surface area (Å²) in [5, 5.41) is 0. The van der Waals surface area contributed by atoms with Gasteiger partial charge in [0, 0.05) is 0 Å². The highest BCUT2D eigenvalue weighted by Crippen LogP contribution is 1.70. The Kier molecular flexibility index (Phi) is 3.61. The molecule has 0 rings (SSSR count). The summed E-state index contributed by atoms with van der Waals surface area (Å²) in [5.74, 6) is 0. The largest absolute Gasteiger partial charge is 0.348 e. The topological polar surface area (TPSA) is 23.0 Å². The lowest BCUT2D eigenvalue weighted by atomic mass is 10.6. The average molecular weight is 101 g/mol. The first-order chi connectivity index (χ1) is 3.35. The summed E-state index contributed by atoms with van der Waals surface area (Å²) in [7, 11) is 0. The lowest BCUT2D eigenvalue weighted by Crippen LogP contribution is -2.26. The van der Waals surface area contributed by atoms with Gasteiger partial charge in [0.25, 0.3) is 0 Å². The number of carbonyl (C=O) groups excluding carboxylic acids is 1. The Morgan fingerprint density at radius 1 is 1.43 bits per heavy atom. The third-order valence-corrected chi connectivity index (χ3v) is 0.961. The summed E-state index contributed by atoms with van der Waals surface area (Å²) >= 11 is 0. The monoisotopic (exact) mass is 101 g/mol. The van der Waals surface area contributed by atoms with Crippen LogP contribution in [0.2, 0.25) is 0 Å². The Hall–Kier alpha value is -0.370. The second-order valence-corrected chi connectivity index (χ2v) is 1.33. The van der Waals surface area contributed by atoms with Crippen LogP contribution < -0.4 is 4.90 Å². The number of carbonyl (C=O) groups is 1. The molecule has 0 aliphatic rings. The maximum atomic E-state index is 9.89. The molecule has 0 aromatic heterocycles. The molecule has 0 bridgehead atoms. The molecular weight excluding hydrogens is 90.1 g/mol. The van der Waals surface area contributed by atoms with E-state index in [4.69, 9.17) is 0 Å². The van der Waals surface area contributed by atoms with Gasteiger partial charge >= 0.3 is 6.41 Å². The Bertz CT molecular complexity index is 50.0. The van der Waals surface area contributed by atoms with E-state index in [1.54, 1.807) is 4.90 Å². The van der Waals surface area contributed by atoms with Crippen LogP contribution in [-0.4, -0.2) is 19.5 Å². The number of rotatable bonds is 3. The maximum Gasteiger partial charge on any atom is 0.348 e. The lowest BCUT2D eigenvalue weighted by molar-refractivity contribution is -0.113. The highest BCUT2D eigenvalue weighted by Gasteiger charge is 2.02. The van der Waals surface area contributed by atoms with E-state index in [2.05, 4.69) is 0 Å². The summed E-state index contributed by atoms with van der Waals surface area (Å²) in [4.78, 5) is 11.6. The fraction of sp³-hybridized carbons (Fsp3) is 0.800. The van der Waals surface area contributed by atoms with Crippen molar-refractivity contribution in [3.05, 3.63) is 0 Å². The summed E-state index contributed by atoms with van der Waals surface area (Å²) in [6, 6.07) is 0. The zero-order valence-electron chi connectivity index (χ0n) is 4.85. The van der Waals surface area contributed by atoms with E-state index < -0.39 is 0 Å². The summed E-state index contributed by atoms with van der Waals surface area (Å²) < 4.78 is 0. The van der Waals surface area contributed by atoms with Gasteiger partial charge in [-0.15, -0.1) is 4.90 Å². The number of hydrogen-bond donors (Lipinski definition) is 0. The van der Waals surface area contributed by atoms with E-state index >= 15 is 0 Å². The van der Waals surface area contributed by atoms with Crippen molar-refractivity contribution in [2.45, 2.75) is 13.8 Å². The number of nitrogens with zero attached hydrogens (tertiary/aromatic N) is 1. The number of hydrogen-bond acceptors (Lipinski definition) is 1. The highest BCUT2D eigenvalue weighted by atomic mass is 16.1. The van der Waals surface area contributed by atoms with E-state index in [0.717, 1.165) is 19.5 Å². The molecule has 0 aliphatic carbocycles. The summed E-state index contributed by atoms with van der Waals surface area (Å²) in [6.07, 6.45) is 0.861. The third-order valence-electron chi connectivity index (χ3n) is 0.961. The van der Waals surface area contributed by atoms with Crippen LogP contribution in [0, 0.1) is 0 Å². The molecule has 0 atom stereocenters. The molecule has 0 fully saturated rings. The van der Waals surface area contributed by atoms with Crippen molar-refractivity contribution in [3.63, 3.8) is 0 Å². The molecule has 0 saturated heterocycles. The van der Waals surface area contributed by atoms with Gasteiger partial charge in [0.2, 0.25) is 0 Å². The van der Waals surface area contributed by atoms with E-state index in [-0.39, 0.29) is 0 Å². The maximum absolute atomic E-state index is 9.89. The van der Waals surface area contributed by atoms with E-state index in [1.165, 1.54) is 0 Å². The van der Waals surface area contributed by atoms with Crippen molar-refractivity contribution in [2.75, 3.05) is 13.1 Å². The van der Waals surface area contributed by atoms with Crippen LogP contribution in [0.15, 0.2) is 0 Å². The van der Waals surface area contributed by atoms with Gasteiger partial charge in [-0.2, -0.15) is 0 Å². The Labute approximate surface area is 44.1 Å². The van der Waals surface area contributed by atoms with Crippen molar-refractivity contribution in [3.8, 4) is 0 Å². The van der Waals surface area contributed by atoms with Crippen molar-refractivity contribution < 1.29 is 4.79 Å². The van der Waals surface area contributed by atoms with E-state index in [9.17, 15) is 4.79 Å². The van der Waals surface area contributed by atoms with Crippen LogP contribution in [0.4, 0.5) is 0 Å². The molecule has 0 spiro atoms. The molecule has 1 amide bonds. The molecule has 7 heavy (non-hydrogen) atoms. The zero-order chi connectivity index (χ0) is 5.70. The summed E-state index contributed by atoms with van der Waals surface area (Å²) in [6.45, 7) is 5.55. The molecule has 0 heterocycles. The molecule has 2 nitrogen and oxygen atoms in total. The van der Waals surface area contributed by atoms with Gasteiger partial charge in [-0.05, 0) is 13.8 Å². The first-order valence-corrected chi connectivity index (χ1v) is 2.54. The van der Waals surface area contributed by atoms with Gasteiger partial charge in [0.15, 0.2) is 0 Å². The molecule has 0 aliphatic heterocycles. The molecule has 0 unspecified atom stereocenters. The Morgan fingerprint density at radius 3 is 1.86 bits per heavy atom. The molecule has 0 aromatic rings. The van der Waals surface area contributed by atoms with Gasteiger partial charge in [-0.3, -0.25) is 0 Å². The molecule has 0 aromatic carbocycles. The summed E-state index contributed by atoms with van der Waals surface area (Å²) in [5.41, 5.74) is 0. The SMILES string of the molecule is CC[N+](C=O)CC. The van der Waals surface area contributed by atoms with Crippen molar-refractivity contribution in [2.24, 2.45) is 0 Å². The fourth-order valence-electron chi connectivity index (χ4n) is 0.373. The Morgan fingerprint density at radius 2 is 1.86 bits per heavy atom. The highest BCUT2D eigenvalue weighted by molar-refractivity contribution is 5.49. The third kappa shape index (κ3) is 2.34. The average Bonchev–Trinajstić information content (AvgIpc) is 1.72. The normalized spacial score (nSPS) is 9.57. The molecule has 0 saturated carbocycles. The first-order valence-electron chi connectivity index (χ1n) is 2.54. The lowest BCUT2D eigenvalue weighted by Gasteiger charge is -1.92. The molecular formula is C5H11NO+. The minimum absolute atomic E-state index is 0.819. The van der Waals surface area contributed by atoms with Gasteiger partial charge in [0.1, 0.15) is 13.1 Å². The molecule has 2 heteroatoms. The van der Waals surface area contributed by atoms with Crippen LogP contribution in [0.5, 0.6) is 0 Å². The Balaban J connectivity index is 3.16. The van der Waals surface area contributed by atoms with Gasteiger partial charge in [-0.1, -0.05) is 0 Å². The van der Waals surface area contributed by atoms with Gasteiger partial charge in [0.05, 0.1) is 0 Å². The zero-order valence-corrected chi connectivity index (χ0v) is 4.85. The fourth-order valence-corrected chi connectivity index (χ4v) is 0.373. The predicted molar refractivity (Wildman–Crippen MR) is 29.3 cm³/mol. The van der Waals surface area contributed by atoms with Crippen LogP contribution in [0.1, 0.15) is 13.8 Å². The minimum Gasteiger partial charge on any atom is -0.228 e. The minimum atomic E-state index is 0.819. The molecule has 41 valence electrons. The van der Waals surface area contributed by atoms with Crippen LogP contribution >= 0.6 is 0 Å². The molecule has 1 radical (unpaired) electrons. The van der Waals surface area contributed by atoms with E-state index in [1.807, 2.05) is 13.8 Å². The first kappa shape index (κ1) is 6.63. The van der Waals surface area contributed by atoms with Crippen molar-refractivity contribution in [1.29, 1.82) is 0 Å². The number of amides is 1. The second-order valence-electron chi connectivity index (χ2n) is 1.33. The predicted octanol–water partition coefficient (Wildman–Crippen LogP) is 0.323. The molecule has 0 N–H and O–H groups in total. The van der Waals surface area contributed by atoms with Gasteiger partial charge in [-0.25, -0.2) is 4.79 Å². The van der Waals surface area contributed by atoms with Gasteiger partial charge < -0.3 is 0 Å².